The third kappa shape index (κ3) is 2.04. The first-order valence-corrected chi connectivity index (χ1v) is 4.71. The Bertz CT molecular complexity index is 436. The molecule has 0 aliphatic heterocycles. The molecule has 15 heavy (non-hydrogen) atoms. The third-order valence-corrected chi connectivity index (χ3v) is 2.20. The Kier molecular flexibility index (Phi) is 2.49. The van der Waals surface area contributed by atoms with Gasteiger partial charge in [0.15, 0.2) is 11.6 Å². The van der Waals surface area contributed by atoms with Gasteiger partial charge in [-0.3, -0.25) is 0 Å². The standard InChI is InChI=1S/C11H13N3O/c12-11-10(15)6-7-14(11)13-8-9-4-2-1-3-5-9/h1-7,13,15H,8,12H2. The Balaban J connectivity index is 2.02. The number of aromatic nitrogens is 1. The van der Waals surface area contributed by atoms with Crippen LogP contribution in [0.2, 0.25) is 0 Å². The van der Waals surface area contributed by atoms with Gasteiger partial charge in [0.2, 0.25) is 0 Å². The zero-order valence-electron chi connectivity index (χ0n) is 8.22. The second kappa shape index (κ2) is 3.96. The molecule has 0 bridgehead atoms. The van der Waals surface area contributed by atoms with Crippen molar-refractivity contribution in [3.8, 4) is 5.75 Å². The van der Waals surface area contributed by atoms with Crippen LogP contribution in [0.4, 0.5) is 5.82 Å². The van der Waals surface area contributed by atoms with Crippen LogP contribution in [0, 0.1) is 0 Å². The third-order valence-electron chi connectivity index (χ3n) is 2.20. The molecule has 0 unspecified atom stereocenters. The molecular weight excluding hydrogens is 190 g/mol. The van der Waals surface area contributed by atoms with Gasteiger partial charge in [-0.25, -0.2) is 4.68 Å². The van der Waals surface area contributed by atoms with E-state index < -0.39 is 0 Å². The topological polar surface area (TPSA) is 63.2 Å². The maximum absolute atomic E-state index is 9.25. The summed E-state index contributed by atoms with van der Waals surface area (Å²) in [5.74, 6) is 0.418. The van der Waals surface area contributed by atoms with Crippen LogP contribution in [-0.2, 0) is 6.54 Å². The fourth-order valence-electron chi connectivity index (χ4n) is 1.34. The van der Waals surface area contributed by atoms with Crippen LogP contribution < -0.4 is 11.2 Å². The van der Waals surface area contributed by atoms with Crippen molar-refractivity contribution in [3.05, 3.63) is 48.2 Å². The molecule has 4 nitrogen and oxygen atoms in total. The smallest absolute Gasteiger partial charge is 0.165 e. The number of benzene rings is 1. The maximum atomic E-state index is 9.25. The zero-order chi connectivity index (χ0) is 10.7. The largest absolute Gasteiger partial charge is 0.504 e. The fraction of sp³-hybridized carbons (Fsp3) is 0.0909. The van der Waals surface area contributed by atoms with Crippen molar-refractivity contribution >= 4 is 5.82 Å². The number of hydrogen-bond acceptors (Lipinski definition) is 3. The Hall–Kier alpha value is -2.10. The summed E-state index contributed by atoms with van der Waals surface area (Å²) < 4.78 is 1.60. The lowest BCUT2D eigenvalue weighted by atomic mass is 10.2. The van der Waals surface area contributed by atoms with E-state index in [-0.39, 0.29) is 5.75 Å². The molecule has 4 heteroatoms. The summed E-state index contributed by atoms with van der Waals surface area (Å²) >= 11 is 0. The van der Waals surface area contributed by atoms with Crippen LogP contribution in [0.25, 0.3) is 0 Å². The number of nitrogen functional groups attached to an aromatic ring is 1. The Morgan fingerprint density at radius 3 is 2.53 bits per heavy atom. The molecule has 0 aliphatic carbocycles. The number of rotatable bonds is 3. The molecule has 4 N–H and O–H groups in total. The van der Waals surface area contributed by atoms with Gasteiger partial charge in [-0.1, -0.05) is 30.3 Å². The van der Waals surface area contributed by atoms with E-state index >= 15 is 0 Å². The monoisotopic (exact) mass is 203 g/mol. The SMILES string of the molecule is Nc1c(O)ccn1NCc1ccccc1. The molecule has 0 spiro atoms. The van der Waals surface area contributed by atoms with Crippen LogP contribution in [0.15, 0.2) is 42.6 Å². The van der Waals surface area contributed by atoms with Gasteiger partial charge in [-0.2, -0.15) is 0 Å². The fourth-order valence-corrected chi connectivity index (χ4v) is 1.34. The predicted molar refractivity (Wildman–Crippen MR) is 60.0 cm³/mol. The summed E-state index contributed by atoms with van der Waals surface area (Å²) in [4.78, 5) is 0. The molecule has 1 aromatic heterocycles. The average molecular weight is 203 g/mol. The zero-order valence-corrected chi connectivity index (χ0v) is 8.22. The number of hydrogen-bond donors (Lipinski definition) is 3. The van der Waals surface area contributed by atoms with E-state index in [9.17, 15) is 5.11 Å². The van der Waals surface area contributed by atoms with E-state index in [0.29, 0.717) is 12.4 Å². The first-order valence-electron chi connectivity index (χ1n) is 4.71. The molecule has 0 saturated heterocycles. The normalized spacial score (nSPS) is 10.1. The quantitative estimate of drug-likeness (QED) is 0.708. The van der Waals surface area contributed by atoms with Crippen molar-refractivity contribution in [1.29, 1.82) is 0 Å². The van der Waals surface area contributed by atoms with E-state index in [2.05, 4.69) is 5.43 Å². The molecule has 0 radical (unpaired) electrons. The van der Waals surface area contributed by atoms with E-state index in [1.165, 1.54) is 0 Å². The predicted octanol–water partition coefficient (Wildman–Crippen LogP) is 1.52. The molecule has 0 fully saturated rings. The molecule has 0 amide bonds. The molecular formula is C11H13N3O. The van der Waals surface area contributed by atoms with Gasteiger partial charge in [0, 0.05) is 12.3 Å². The molecule has 2 rings (SSSR count). The lowest BCUT2D eigenvalue weighted by molar-refractivity contribution is 0.478. The van der Waals surface area contributed by atoms with Crippen molar-refractivity contribution in [2.24, 2.45) is 0 Å². The van der Waals surface area contributed by atoms with Gasteiger partial charge >= 0.3 is 0 Å². The van der Waals surface area contributed by atoms with Gasteiger partial charge in [-0.05, 0) is 5.56 Å². The average Bonchev–Trinajstić information content (AvgIpc) is 2.59. The summed E-state index contributed by atoms with van der Waals surface area (Å²) in [6.07, 6.45) is 1.69. The molecule has 0 atom stereocenters. The summed E-state index contributed by atoms with van der Waals surface area (Å²) in [5.41, 5.74) is 9.86. The number of nitrogens with zero attached hydrogens (tertiary/aromatic N) is 1. The number of nitrogens with one attached hydrogen (secondary N) is 1. The lowest BCUT2D eigenvalue weighted by Crippen LogP contribution is -2.15. The maximum Gasteiger partial charge on any atom is 0.165 e. The number of anilines is 1. The van der Waals surface area contributed by atoms with Gasteiger partial charge in [-0.15, -0.1) is 0 Å². The molecule has 78 valence electrons. The highest BCUT2D eigenvalue weighted by molar-refractivity contribution is 5.47. The van der Waals surface area contributed by atoms with Crippen molar-refractivity contribution < 1.29 is 5.11 Å². The number of nitrogens with two attached hydrogens (primary N) is 1. The van der Waals surface area contributed by atoms with Crippen molar-refractivity contribution in [2.75, 3.05) is 11.2 Å². The van der Waals surface area contributed by atoms with E-state index in [4.69, 9.17) is 5.73 Å². The highest BCUT2D eigenvalue weighted by Crippen LogP contribution is 2.18. The van der Waals surface area contributed by atoms with Crippen LogP contribution in [0.1, 0.15) is 5.56 Å². The molecule has 0 saturated carbocycles. The summed E-state index contributed by atoms with van der Waals surface area (Å²) in [7, 11) is 0. The number of aromatic hydroxyl groups is 1. The van der Waals surface area contributed by atoms with Crippen LogP contribution in [-0.4, -0.2) is 9.78 Å². The van der Waals surface area contributed by atoms with Crippen molar-refractivity contribution in [3.63, 3.8) is 0 Å². The minimum Gasteiger partial charge on any atom is -0.504 e. The Morgan fingerprint density at radius 2 is 1.93 bits per heavy atom. The van der Waals surface area contributed by atoms with Gasteiger partial charge in [0.1, 0.15) is 0 Å². The van der Waals surface area contributed by atoms with E-state index in [1.54, 1.807) is 16.9 Å². The van der Waals surface area contributed by atoms with Crippen LogP contribution in [0.3, 0.4) is 0 Å². The highest BCUT2D eigenvalue weighted by Gasteiger charge is 2.02. The van der Waals surface area contributed by atoms with Gasteiger partial charge < -0.3 is 16.3 Å². The van der Waals surface area contributed by atoms with Gasteiger partial charge in [0.05, 0.1) is 6.54 Å². The Labute approximate surface area is 87.9 Å². The van der Waals surface area contributed by atoms with E-state index in [1.807, 2.05) is 30.3 Å². The summed E-state index contributed by atoms with van der Waals surface area (Å²) in [6, 6.07) is 11.5. The van der Waals surface area contributed by atoms with Crippen LogP contribution in [0.5, 0.6) is 5.75 Å². The Morgan fingerprint density at radius 1 is 1.20 bits per heavy atom. The van der Waals surface area contributed by atoms with E-state index in [0.717, 1.165) is 5.56 Å². The molecule has 2 aromatic rings. The molecule has 0 aliphatic rings. The first kappa shape index (κ1) is 9.45. The second-order valence-electron chi connectivity index (χ2n) is 3.28. The highest BCUT2D eigenvalue weighted by atomic mass is 16.3. The van der Waals surface area contributed by atoms with Crippen molar-refractivity contribution in [1.82, 2.24) is 4.68 Å². The van der Waals surface area contributed by atoms with Crippen molar-refractivity contribution in [2.45, 2.75) is 6.54 Å². The molecule has 1 aromatic carbocycles. The van der Waals surface area contributed by atoms with Gasteiger partial charge in [0.25, 0.3) is 0 Å². The molecule has 1 heterocycles. The lowest BCUT2D eigenvalue weighted by Gasteiger charge is -2.09. The minimum absolute atomic E-state index is 0.0931. The second-order valence-corrected chi connectivity index (χ2v) is 3.28. The summed E-state index contributed by atoms with van der Waals surface area (Å²) in [5, 5.41) is 9.25. The summed E-state index contributed by atoms with van der Waals surface area (Å²) in [6.45, 7) is 0.666. The first-order chi connectivity index (χ1) is 7.27. The minimum atomic E-state index is 0.0931. The van der Waals surface area contributed by atoms with Crippen LogP contribution >= 0.6 is 0 Å².